The van der Waals surface area contributed by atoms with Gasteiger partial charge in [0.2, 0.25) is 11.7 Å². The highest BCUT2D eigenvalue weighted by molar-refractivity contribution is 5.91. The topological polar surface area (TPSA) is 84.5 Å². The Bertz CT molecular complexity index is 1070. The summed E-state index contributed by atoms with van der Waals surface area (Å²) in [6, 6.07) is 23.5. The lowest BCUT2D eigenvalue weighted by atomic mass is 10.0. The maximum Gasteiger partial charge on any atom is 0.244 e. The van der Waals surface area contributed by atoms with Crippen LogP contribution in [-0.2, 0) is 19.0 Å². The van der Waals surface area contributed by atoms with Crippen LogP contribution in [0.5, 0.6) is 17.2 Å². The van der Waals surface area contributed by atoms with Crippen molar-refractivity contribution >= 4 is 12.0 Å². The zero-order valence-electron chi connectivity index (χ0n) is 22.1. The molecule has 1 N–H and O–H groups in total. The summed E-state index contributed by atoms with van der Waals surface area (Å²) in [6.07, 6.45) is 2.92. The zero-order chi connectivity index (χ0) is 27.0. The van der Waals surface area contributed by atoms with Gasteiger partial charge < -0.3 is 33.7 Å². The first kappa shape index (κ1) is 28.7. The second kappa shape index (κ2) is 16.1. The van der Waals surface area contributed by atoms with E-state index in [1.165, 1.54) is 20.3 Å². The second-order valence-corrected chi connectivity index (χ2v) is 8.11. The van der Waals surface area contributed by atoms with E-state index in [1.54, 1.807) is 25.3 Å². The SMILES string of the molecule is COCCOCOc1c(OC)cc(C=CC(=O)NCCOC(c2ccccc2)c2ccccc2)cc1OC. The molecule has 0 aliphatic carbocycles. The number of ether oxygens (including phenoxy) is 6. The van der Waals surface area contributed by atoms with Crippen molar-refractivity contribution in [2.75, 3.05) is 54.5 Å². The summed E-state index contributed by atoms with van der Waals surface area (Å²) in [5, 5.41) is 2.86. The lowest BCUT2D eigenvalue weighted by molar-refractivity contribution is -0.116. The number of hydrogen-bond donors (Lipinski definition) is 1. The van der Waals surface area contributed by atoms with E-state index in [0.29, 0.717) is 49.2 Å². The van der Waals surface area contributed by atoms with E-state index in [0.717, 1.165) is 11.1 Å². The third-order valence-corrected chi connectivity index (χ3v) is 5.52. The molecule has 0 heterocycles. The minimum absolute atomic E-state index is 0.0190. The molecule has 0 fully saturated rings. The third-order valence-electron chi connectivity index (χ3n) is 5.52. The normalized spacial score (nSPS) is 11.1. The minimum Gasteiger partial charge on any atom is -0.493 e. The molecule has 0 spiro atoms. The number of nitrogens with one attached hydrogen (secondary N) is 1. The van der Waals surface area contributed by atoms with Crippen molar-refractivity contribution in [1.29, 1.82) is 0 Å². The molecule has 0 saturated heterocycles. The summed E-state index contributed by atoms with van der Waals surface area (Å²) in [7, 11) is 4.67. The molecule has 3 aromatic carbocycles. The van der Waals surface area contributed by atoms with Crippen molar-refractivity contribution in [3.05, 3.63) is 95.6 Å². The van der Waals surface area contributed by atoms with E-state index < -0.39 is 0 Å². The number of benzene rings is 3. The van der Waals surface area contributed by atoms with E-state index in [9.17, 15) is 4.79 Å². The molecule has 3 rings (SSSR count). The van der Waals surface area contributed by atoms with Crippen LogP contribution in [0.1, 0.15) is 22.8 Å². The molecule has 0 atom stereocenters. The number of rotatable bonds is 16. The van der Waals surface area contributed by atoms with Crippen LogP contribution >= 0.6 is 0 Å². The van der Waals surface area contributed by atoms with Gasteiger partial charge in [0.25, 0.3) is 0 Å². The molecule has 202 valence electrons. The Balaban J connectivity index is 1.54. The van der Waals surface area contributed by atoms with Gasteiger partial charge in [0.15, 0.2) is 18.3 Å². The Morgan fingerprint density at radius 1 is 0.842 bits per heavy atom. The van der Waals surface area contributed by atoms with Gasteiger partial charge in [-0.15, -0.1) is 0 Å². The van der Waals surface area contributed by atoms with Crippen molar-refractivity contribution < 1.29 is 33.2 Å². The number of amides is 1. The number of carbonyl (C=O) groups excluding carboxylic acids is 1. The Hall–Kier alpha value is -3.85. The fourth-order valence-corrected chi connectivity index (χ4v) is 3.66. The van der Waals surface area contributed by atoms with Gasteiger partial charge in [-0.1, -0.05) is 60.7 Å². The summed E-state index contributed by atoms with van der Waals surface area (Å²) >= 11 is 0. The van der Waals surface area contributed by atoms with E-state index in [1.807, 2.05) is 60.7 Å². The molecular formula is C30H35NO7. The molecular weight excluding hydrogens is 486 g/mol. The number of hydrogen-bond acceptors (Lipinski definition) is 7. The number of carbonyl (C=O) groups is 1. The van der Waals surface area contributed by atoms with Gasteiger partial charge >= 0.3 is 0 Å². The van der Waals surface area contributed by atoms with Crippen LogP contribution in [0.3, 0.4) is 0 Å². The van der Waals surface area contributed by atoms with Gasteiger partial charge in [0.05, 0.1) is 34.0 Å². The van der Waals surface area contributed by atoms with Crippen molar-refractivity contribution in [3.63, 3.8) is 0 Å². The molecule has 0 aliphatic rings. The quantitative estimate of drug-likeness (QED) is 0.167. The summed E-state index contributed by atoms with van der Waals surface area (Å²) in [5.41, 5.74) is 2.83. The highest BCUT2D eigenvalue weighted by atomic mass is 16.7. The van der Waals surface area contributed by atoms with E-state index in [4.69, 9.17) is 28.4 Å². The van der Waals surface area contributed by atoms with Crippen LogP contribution in [-0.4, -0.2) is 60.4 Å². The fourth-order valence-electron chi connectivity index (χ4n) is 3.66. The van der Waals surface area contributed by atoms with Crippen LogP contribution in [0.2, 0.25) is 0 Å². The van der Waals surface area contributed by atoms with E-state index in [-0.39, 0.29) is 18.8 Å². The monoisotopic (exact) mass is 521 g/mol. The third kappa shape index (κ3) is 8.92. The van der Waals surface area contributed by atoms with Gasteiger partial charge in [-0.2, -0.15) is 0 Å². The second-order valence-electron chi connectivity index (χ2n) is 8.11. The van der Waals surface area contributed by atoms with Gasteiger partial charge in [-0.3, -0.25) is 4.79 Å². The maximum atomic E-state index is 12.4. The van der Waals surface area contributed by atoms with Gasteiger partial charge in [-0.25, -0.2) is 0 Å². The average molecular weight is 522 g/mol. The molecule has 0 aliphatic heterocycles. The zero-order valence-corrected chi connectivity index (χ0v) is 22.1. The first-order chi connectivity index (χ1) is 18.7. The van der Waals surface area contributed by atoms with E-state index in [2.05, 4.69) is 5.32 Å². The van der Waals surface area contributed by atoms with Gasteiger partial charge in [-0.05, 0) is 34.9 Å². The Kier molecular flexibility index (Phi) is 12.2. The predicted molar refractivity (Wildman–Crippen MR) is 146 cm³/mol. The highest BCUT2D eigenvalue weighted by Crippen LogP contribution is 2.39. The van der Waals surface area contributed by atoms with Crippen LogP contribution in [0, 0.1) is 0 Å². The summed E-state index contributed by atoms with van der Waals surface area (Å²) < 4.78 is 33.0. The van der Waals surface area contributed by atoms with Crippen molar-refractivity contribution in [2.45, 2.75) is 6.10 Å². The summed E-state index contributed by atoms with van der Waals surface area (Å²) in [5.74, 6) is 1.09. The predicted octanol–water partition coefficient (Wildman–Crippen LogP) is 4.64. The van der Waals surface area contributed by atoms with Gasteiger partial charge in [0.1, 0.15) is 6.10 Å². The average Bonchev–Trinajstić information content (AvgIpc) is 2.96. The van der Waals surface area contributed by atoms with Crippen molar-refractivity contribution in [2.24, 2.45) is 0 Å². The Morgan fingerprint density at radius 2 is 1.45 bits per heavy atom. The molecule has 8 nitrogen and oxygen atoms in total. The fraction of sp³-hybridized carbons (Fsp3) is 0.300. The Morgan fingerprint density at radius 3 is 2.00 bits per heavy atom. The molecule has 0 saturated carbocycles. The molecule has 3 aromatic rings. The minimum atomic E-state index is -0.241. The first-order valence-electron chi connectivity index (χ1n) is 12.3. The van der Waals surface area contributed by atoms with Crippen LogP contribution in [0.25, 0.3) is 6.08 Å². The molecule has 38 heavy (non-hydrogen) atoms. The van der Waals surface area contributed by atoms with Gasteiger partial charge in [0, 0.05) is 19.7 Å². The summed E-state index contributed by atoms with van der Waals surface area (Å²) in [6.45, 7) is 1.61. The van der Waals surface area contributed by atoms with Crippen LogP contribution in [0.15, 0.2) is 78.9 Å². The molecule has 0 radical (unpaired) electrons. The first-order valence-corrected chi connectivity index (χ1v) is 12.3. The van der Waals surface area contributed by atoms with E-state index >= 15 is 0 Å². The van der Waals surface area contributed by atoms with Crippen molar-refractivity contribution in [3.8, 4) is 17.2 Å². The molecule has 0 bridgehead atoms. The largest absolute Gasteiger partial charge is 0.493 e. The summed E-state index contributed by atoms with van der Waals surface area (Å²) in [4.78, 5) is 12.4. The lowest BCUT2D eigenvalue weighted by Crippen LogP contribution is -2.26. The maximum absolute atomic E-state index is 12.4. The standard InChI is InChI=1S/C30H35NO7/c1-33-18-19-36-22-38-30-26(34-2)20-23(21-27(30)35-3)14-15-28(32)31-16-17-37-29(24-10-6-4-7-11-24)25-12-8-5-9-13-25/h4-15,20-21,29H,16-19,22H2,1-3H3,(H,31,32). The lowest BCUT2D eigenvalue weighted by Gasteiger charge is -2.19. The number of methoxy groups -OCH3 is 3. The van der Waals surface area contributed by atoms with Crippen LogP contribution in [0.4, 0.5) is 0 Å². The smallest absolute Gasteiger partial charge is 0.244 e. The molecule has 0 unspecified atom stereocenters. The molecule has 0 aromatic heterocycles. The molecule has 8 heteroatoms. The van der Waals surface area contributed by atoms with Crippen LogP contribution < -0.4 is 19.5 Å². The Labute approximate surface area is 224 Å². The highest BCUT2D eigenvalue weighted by Gasteiger charge is 2.15. The van der Waals surface area contributed by atoms with Crippen molar-refractivity contribution in [1.82, 2.24) is 5.32 Å². The molecule has 1 amide bonds.